The maximum Gasteiger partial charge on any atom is 0.152 e. The molecular formula is C29H28Cl2N4O2. The number of hydrogen-bond donors (Lipinski definition) is 2. The Hall–Kier alpha value is -3.19. The molecule has 190 valence electrons. The Kier molecular flexibility index (Phi) is 7.60. The van der Waals surface area contributed by atoms with Crippen LogP contribution in [0.3, 0.4) is 0 Å². The zero-order valence-electron chi connectivity index (χ0n) is 20.6. The van der Waals surface area contributed by atoms with E-state index in [1.54, 1.807) is 18.3 Å². The number of aryl methyl sites for hydroxylation is 1. The summed E-state index contributed by atoms with van der Waals surface area (Å²) in [5, 5.41) is 14.7. The van der Waals surface area contributed by atoms with Crippen LogP contribution in [0.4, 0.5) is 11.4 Å². The van der Waals surface area contributed by atoms with Crippen LogP contribution in [-0.2, 0) is 17.6 Å². The Balaban J connectivity index is 1.53. The lowest BCUT2D eigenvalue weighted by Gasteiger charge is -2.17. The van der Waals surface area contributed by atoms with Crippen molar-refractivity contribution in [2.45, 2.75) is 32.6 Å². The first-order valence-electron chi connectivity index (χ1n) is 12.4. The number of carbonyl (C=O) groups excluding carboxylic acids is 1. The predicted molar refractivity (Wildman–Crippen MR) is 150 cm³/mol. The molecule has 6 nitrogen and oxygen atoms in total. The summed E-state index contributed by atoms with van der Waals surface area (Å²) in [6.07, 6.45) is 8.17. The van der Waals surface area contributed by atoms with Crippen LogP contribution < -0.4 is 5.32 Å². The molecule has 0 amide bonds. The highest BCUT2D eigenvalue weighted by Gasteiger charge is 2.15. The minimum atomic E-state index is -0.141. The SMILES string of the molecule is Cc1ncc(Nc2c(CC=O)cnc3ccc(-c4cc(Cl)c(O)c(Cl)c4)cc23)cc1CCN1CCCC1. The third-order valence-electron chi connectivity index (χ3n) is 6.96. The van der Waals surface area contributed by atoms with Gasteiger partial charge in [-0.2, -0.15) is 0 Å². The first-order valence-corrected chi connectivity index (χ1v) is 13.2. The Morgan fingerprint density at radius 3 is 2.49 bits per heavy atom. The first-order chi connectivity index (χ1) is 17.9. The number of nitrogens with zero attached hydrogens (tertiary/aromatic N) is 3. The summed E-state index contributed by atoms with van der Waals surface area (Å²) in [7, 11) is 0. The molecule has 2 N–H and O–H groups in total. The molecule has 0 radical (unpaired) electrons. The van der Waals surface area contributed by atoms with Gasteiger partial charge >= 0.3 is 0 Å². The van der Waals surface area contributed by atoms with E-state index in [0.29, 0.717) is 0 Å². The van der Waals surface area contributed by atoms with E-state index in [-0.39, 0.29) is 22.2 Å². The molecule has 37 heavy (non-hydrogen) atoms. The standard InChI is InChI=1S/C29H28Cl2N4O2/c1-18-19(6-10-35-8-2-3-9-35)12-23(17-32-18)34-28-21(7-11-36)16-33-27-5-4-20(13-24(27)28)22-14-25(30)29(37)26(31)15-22/h4-5,11-17,37H,2-3,6-10H2,1H3,(H,33,34). The van der Waals surface area contributed by atoms with E-state index in [9.17, 15) is 9.90 Å². The van der Waals surface area contributed by atoms with Crippen LogP contribution in [0.1, 0.15) is 29.7 Å². The highest BCUT2D eigenvalue weighted by atomic mass is 35.5. The summed E-state index contributed by atoms with van der Waals surface area (Å²) in [6.45, 7) is 5.41. The van der Waals surface area contributed by atoms with Crippen molar-refractivity contribution in [1.29, 1.82) is 0 Å². The smallest absolute Gasteiger partial charge is 0.152 e. The molecule has 0 unspecified atom stereocenters. The van der Waals surface area contributed by atoms with Gasteiger partial charge in [-0.1, -0.05) is 29.3 Å². The lowest BCUT2D eigenvalue weighted by atomic mass is 10.00. The molecule has 2 aromatic carbocycles. The minimum Gasteiger partial charge on any atom is -0.505 e. The Bertz CT molecular complexity index is 1450. The fourth-order valence-electron chi connectivity index (χ4n) is 4.87. The molecule has 0 atom stereocenters. The molecule has 1 aliphatic rings. The van der Waals surface area contributed by atoms with E-state index in [0.717, 1.165) is 63.9 Å². The van der Waals surface area contributed by atoms with Gasteiger partial charge in [-0.15, -0.1) is 0 Å². The number of carbonyl (C=O) groups is 1. The van der Waals surface area contributed by atoms with Gasteiger partial charge in [0.1, 0.15) is 6.29 Å². The van der Waals surface area contributed by atoms with Crippen LogP contribution >= 0.6 is 23.2 Å². The molecule has 2 aromatic heterocycles. The maximum absolute atomic E-state index is 11.5. The van der Waals surface area contributed by atoms with Gasteiger partial charge in [0.05, 0.1) is 33.1 Å². The summed E-state index contributed by atoms with van der Waals surface area (Å²) >= 11 is 12.4. The number of phenols is 1. The van der Waals surface area contributed by atoms with Gasteiger partial charge in [0.15, 0.2) is 5.75 Å². The molecule has 4 aromatic rings. The maximum atomic E-state index is 11.5. The van der Waals surface area contributed by atoms with Crippen molar-refractivity contribution >= 4 is 51.8 Å². The van der Waals surface area contributed by atoms with E-state index in [1.807, 2.05) is 31.3 Å². The zero-order chi connectivity index (χ0) is 25.9. The predicted octanol–water partition coefficient (Wildman–Crippen LogP) is 6.74. The number of hydrogen-bond acceptors (Lipinski definition) is 6. The highest BCUT2D eigenvalue weighted by molar-refractivity contribution is 6.37. The van der Waals surface area contributed by atoms with Gasteiger partial charge in [0.25, 0.3) is 0 Å². The number of nitrogens with one attached hydrogen (secondary N) is 1. The molecule has 0 saturated carbocycles. The topological polar surface area (TPSA) is 78.3 Å². The number of aldehydes is 1. The summed E-state index contributed by atoms with van der Waals surface area (Å²) in [6, 6.07) is 11.4. The Labute approximate surface area is 226 Å². The monoisotopic (exact) mass is 534 g/mol. The number of halogens is 2. The van der Waals surface area contributed by atoms with Crippen molar-refractivity contribution in [2.75, 3.05) is 25.0 Å². The number of benzene rings is 2. The van der Waals surface area contributed by atoms with Gasteiger partial charge in [0, 0.05) is 35.8 Å². The van der Waals surface area contributed by atoms with Crippen molar-refractivity contribution in [3.63, 3.8) is 0 Å². The van der Waals surface area contributed by atoms with Crippen LogP contribution in [-0.4, -0.2) is 45.9 Å². The number of anilines is 2. The minimum absolute atomic E-state index is 0.141. The second kappa shape index (κ2) is 11.1. The van der Waals surface area contributed by atoms with Gasteiger partial charge in [-0.25, -0.2) is 0 Å². The normalized spacial score (nSPS) is 13.8. The molecule has 0 spiro atoms. The van der Waals surface area contributed by atoms with Crippen LogP contribution in [0.5, 0.6) is 5.75 Å². The van der Waals surface area contributed by atoms with E-state index in [2.05, 4.69) is 26.3 Å². The zero-order valence-corrected chi connectivity index (χ0v) is 22.1. The number of pyridine rings is 2. The largest absolute Gasteiger partial charge is 0.505 e. The molecule has 1 saturated heterocycles. The fourth-order valence-corrected chi connectivity index (χ4v) is 5.35. The lowest BCUT2D eigenvalue weighted by molar-refractivity contribution is -0.107. The summed E-state index contributed by atoms with van der Waals surface area (Å²) < 4.78 is 0. The van der Waals surface area contributed by atoms with Gasteiger partial charge in [-0.05, 0) is 86.3 Å². The van der Waals surface area contributed by atoms with Gasteiger partial charge in [0.2, 0.25) is 0 Å². The Morgan fingerprint density at radius 1 is 1.00 bits per heavy atom. The van der Waals surface area contributed by atoms with Crippen molar-refractivity contribution < 1.29 is 9.90 Å². The molecule has 1 fully saturated rings. The van der Waals surface area contributed by atoms with E-state index in [1.165, 1.54) is 31.5 Å². The average Bonchev–Trinajstić information content (AvgIpc) is 3.42. The molecule has 3 heterocycles. The number of aromatic hydroxyl groups is 1. The quantitative estimate of drug-likeness (QED) is 0.243. The van der Waals surface area contributed by atoms with Crippen LogP contribution in [0.2, 0.25) is 10.0 Å². The van der Waals surface area contributed by atoms with E-state index in [4.69, 9.17) is 23.2 Å². The second-order valence-electron chi connectivity index (χ2n) is 9.44. The summed E-state index contributed by atoms with van der Waals surface area (Å²) in [5.74, 6) is -0.141. The summed E-state index contributed by atoms with van der Waals surface area (Å²) in [4.78, 5) is 23.2. The number of phenolic OH excluding ortho intramolecular Hbond substituents is 1. The van der Waals surface area contributed by atoms with Gasteiger partial charge in [-0.3, -0.25) is 9.97 Å². The van der Waals surface area contributed by atoms with Crippen LogP contribution in [0.25, 0.3) is 22.0 Å². The third-order valence-corrected chi connectivity index (χ3v) is 7.53. The number of aromatic nitrogens is 2. The van der Waals surface area contributed by atoms with E-state index < -0.39 is 0 Å². The van der Waals surface area contributed by atoms with Crippen molar-refractivity contribution in [2.24, 2.45) is 0 Å². The Morgan fingerprint density at radius 2 is 1.76 bits per heavy atom. The third kappa shape index (κ3) is 5.57. The first kappa shape index (κ1) is 25.5. The second-order valence-corrected chi connectivity index (χ2v) is 10.3. The lowest BCUT2D eigenvalue weighted by Crippen LogP contribution is -2.22. The molecule has 5 rings (SSSR count). The van der Waals surface area contributed by atoms with E-state index >= 15 is 0 Å². The average molecular weight is 535 g/mol. The molecule has 0 bridgehead atoms. The number of likely N-dealkylation sites (tertiary alicyclic amines) is 1. The highest BCUT2D eigenvalue weighted by Crippen LogP contribution is 2.38. The van der Waals surface area contributed by atoms with Crippen molar-refractivity contribution in [1.82, 2.24) is 14.9 Å². The molecule has 0 aliphatic carbocycles. The fraction of sp³-hybridized carbons (Fsp3) is 0.276. The van der Waals surface area contributed by atoms with Gasteiger partial charge < -0.3 is 20.1 Å². The van der Waals surface area contributed by atoms with Crippen LogP contribution in [0, 0.1) is 6.92 Å². The van der Waals surface area contributed by atoms with Crippen molar-refractivity contribution in [3.05, 3.63) is 75.7 Å². The van der Waals surface area contributed by atoms with Crippen molar-refractivity contribution in [3.8, 4) is 16.9 Å². The van der Waals surface area contributed by atoms with Crippen LogP contribution in [0.15, 0.2) is 48.8 Å². The molecular weight excluding hydrogens is 507 g/mol. The number of rotatable bonds is 8. The summed E-state index contributed by atoms with van der Waals surface area (Å²) in [5.41, 5.74) is 7.11. The number of fused-ring (bicyclic) bond motifs is 1. The molecule has 1 aliphatic heterocycles. The molecule has 8 heteroatoms.